The average Bonchev–Trinajstić information content (AvgIpc) is 3.22. The van der Waals surface area contributed by atoms with E-state index in [-0.39, 0.29) is 29.8 Å². The van der Waals surface area contributed by atoms with Crippen LogP contribution in [0.25, 0.3) is 5.69 Å². The number of carbonyl (C=O) groups is 2. The molecular weight excluding hydrogens is 454 g/mol. The predicted molar refractivity (Wildman–Crippen MR) is 144 cm³/mol. The highest BCUT2D eigenvalue weighted by atomic mass is 16.5. The molecule has 0 saturated heterocycles. The third-order valence-corrected chi connectivity index (χ3v) is 5.62. The molecule has 0 fully saturated rings. The van der Waals surface area contributed by atoms with Crippen LogP contribution < -0.4 is 15.4 Å². The number of ether oxygens (including phenoxy) is 1. The van der Waals surface area contributed by atoms with Gasteiger partial charge in [0.2, 0.25) is 5.91 Å². The first-order chi connectivity index (χ1) is 17.0. The number of carbonyl (C=O) groups excluding carboxylic acids is 2. The molecule has 0 atom stereocenters. The number of rotatable bonds is 8. The Morgan fingerprint density at radius 1 is 1.06 bits per heavy atom. The van der Waals surface area contributed by atoms with E-state index in [0.29, 0.717) is 23.8 Å². The Balaban J connectivity index is 1.82. The number of nitrogens with one attached hydrogen (secondary N) is 2. The molecule has 0 aliphatic rings. The molecule has 0 bridgehead atoms. The molecule has 1 aromatic heterocycles. The lowest BCUT2D eigenvalue weighted by Crippen LogP contribution is -2.42. The van der Waals surface area contributed by atoms with Crippen LogP contribution in [0.15, 0.2) is 54.6 Å². The highest BCUT2D eigenvalue weighted by molar-refractivity contribution is 5.97. The van der Waals surface area contributed by atoms with Crippen molar-refractivity contribution in [1.82, 2.24) is 14.7 Å². The number of anilines is 2. The Hall–Kier alpha value is -3.81. The summed E-state index contributed by atoms with van der Waals surface area (Å²) in [5.74, 6) is 1.09. The molecule has 0 saturated carbocycles. The van der Waals surface area contributed by atoms with Gasteiger partial charge >= 0.3 is 6.03 Å². The van der Waals surface area contributed by atoms with E-state index in [1.807, 2.05) is 51.1 Å². The second-order valence-corrected chi connectivity index (χ2v) is 10.3. The van der Waals surface area contributed by atoms with Gasteiger partial charge in [0.05, 0.1) is 18.5 Å². The summed E-state index contributed by atoms with van der Waals surface area (Å²) in [6.07, 6.45) is 0. The molecule has 3 aromatic rings. The summed E-state index contributed by atoms with van der Waals surface area (Å²) >= 11 is 0. The number of aryl methyl sites for hydroxylation is 1. The third-order valence-electron chi connectivity index (χ3n) is 5.62. The van der Waals surface area contributed by atoms with Crippen LogP contribution in [0.3, 0.4) is 0 Å². The van der Waals surface area contributed by atoms with Crippen LogP contribution in [0.2, 0.25) is 0 Å². The summed E-state index contributed by atoms with van der Waals surface area (Å²) in [6.45, 7) is 12.6. The highest BCUT2D eigenvalue weighted by Gasteiger charge is 2.24. The van der Waals surface area contributed by atoms with E-state index in [9.17, 15) is 9.59 Å². The standard InChI is InChI=1S/C28H37N5O3/c1-19(2)17-32(27(35)29-21-12-10-13-22(15-21)36-7)18-26(34)30-25-16-24(28(4,5)6)31-33(25)23-14-9-8-11-20(23)3/h8-16,19H,17-18H2,1-7H3,(H,29,35)(H,30,34). The van der Waals surface area contributed by atoms with E-state index in [1.165, 1.54) is 4.90 Å². The normalized spacial score (nSPS) is 11.3. The topological polar surface area (TPSA) is 88.5 Å². The van der Waals surface area contributed by atoms with Crippen molar-refractivity contribution in [3.05, 3.63) is 65.9 Å². The first-order valence-electron chi connectivity index (χ1n) is 12.1. The fraction of sp³-hybridized carbons (Fsp3) is 0.393. The fourth-order valence-corrected chi connectivity index (χ4v) is 3.74. The van der Waals surface area contributed by atoms with E-state index < -0.39 is 0 Å². The molecule has 0 aliphatic carbocycles. The first kappa shape index (κ1) is 26.8. The lowest BCUT2D eigenvalue weighted by Gasteiger charge is -2.24. The largest absolute Gasteiger partial charge is 0.497 e. The van der Waals surface area contributed by atoms with Crippen LogP contribution in [0.1, 0.15) is 45.9 Å². The second kappa shape index (κ2) is 11.3. The Morgan fingerprint density at radius 2 is 1.78 bits per heavy atom. The highest BCUT2D eigenvalue weighted by Crippen LogP contribution is 2.27. The average molecular weight is 492 g/mol. The first-order valence-corrected chi connectivity index (χ1v) is 12.1. The number of nitrogens with zero attached hydrogens (tertiary/aromatic N) is 3. The van der Waals surface area contributed by atoms with E-state index in [0.717, 1.165) is 16.9 Å². The second-order valence-electron chi connectivity index (χ2n) is 10.3. The number of para-hydroxylation sites is 1. The third kappa shape index (κ3) is 6.87. The number of urea groups is 1. The van der Waals surface area contributed by atoms with Crippen molar-refractivity contribution >= 4 is 23.4 Å². The van der Waals surface area contributed by atoms with E-state index >= 15 is 0 Å². The zero-order valence-corrected chi connectivity index (χ0v) is 22.3. The monoisotopic (exact) mass is 491 g/mol. The Kier molecular flexibility index (Phi) is 8.40. The van der Waals surface area contributed by atoms with Crippen molar-refractivity contribution in [3.63, 3.8) is 0 Å². The van der Waals surface area contributed by atoms with Gasteiger partial charge in [0.1, 0.15) is 18.1 Å². The van der Waals surface area contributed by atoms with Crippen molar-refractivity contribution in [2.24, 2.45) is 5.92 Å². The van der Waals surface area contributed by atoms with Crippen molar-refractivity contribution in [3.8, 4) is 11.4 Å². The zero-order valence-electron chi connectivity index (χ0n) is 22.3. The van der Waals surface area contributed by atoms with Crippen molar-refractivity contribution < 1.29 is 14.3 Å². The SMILES string of the molecule is COc1cccc(NC(=O)N(CC(=O)Nc2cc(C(C)(C)C)nn2-c2ccccc2C)CC(C)C)c1. The van der Waals surface area contributed by atoms with Crippen molar-refractivity contribution in [1.29, 1.82) is 0 Å². The minimum atomic E-state index is -0.352. The summed E-state index contributed by atoms with van der Waals surface area (Å²) in [7, 11) is 1.57. The van der Waals surface area contributed by atoms with Crippen molar-refractivity contribution in [2.75, 3.05) is 30.8 Å². The number of aromatic nitrogens is 2. The number of methoxy groups -OCH3 is 1. The van der Waals surface area contributed by atoms with Gasteiger partial charge in [-0.15, -0.1) is 0 Å². The van der Waals surface area contributed by atoms with Gasteiger partial charge in [-0.2, -0.15) is 5.10 Å². The number of hydrogen-bond donors (Lipinski definition) is 2. The molecule has 2 aromatic carbocycles. The molecule has 3 amide bonds. The molecule has 8 heteroatoms. The smallest absolute Gasteiger partial charge is 0.322 e. The Morgan fingerprint density at radius 3 is 2.42 bits per heavy atom. The van der Waals surface area contributed by atoms with Crippen LogP contribution >= 0.6 is 0 Å². The molecule has 0 spiro atoms. The van der Waals surface area contributed by atoms with Crippen LogP contribution in [-0.2, 0) is 10.2 Å². The Bertz CT molecular complexity index is 1210. The number of amides is 3. The summed E-state index contributed by atoms with van der Waals surface area (Å²) in [5, 5.41) is 10.7. The molecule has 8 nitrogen and oxygen atoms in total. The lowest BCUT2D eigenvalue weighted by molar-refractivity contribution is -0.116. The summed E-state index contributed by atoms with van der Waals surface area (Å²) in [6, 6.07) is 16.6. The molecule has 0 unspecified atom stereocenters. The van der Waals surface area contributed by atoms with Gasteiger partial charge in [-0.1, -0.05) is 58.9 Å². The molecule has 36 heavy (non-hydrogen) atoms. The van der Waals surface area contributed by atoms with Crippen LogP contribution in [-0.4, -0.2) is 46.8 Å². The summed E-state index contributed by atoms with van der Waals surface area (Å²) in [4.78, 5) is 27.8. The maximum absolute atomic E-state index is 13.2. The summed E-state index contributed by atoms with van der Waals surface area (Å²) in [5.41, 5.74) is 3.18. The number of benzene rings is 2. The predicted octanol–water partition coefficient (Wildman–Crippen LogP) is 5.62. The molecular formula is C28H37N5O3. The van der Waals surface area contributed by atoms with Gasteiger partial charge in [-0.3, -0.25) is 4.79 Å². The molecule has 192 valence electrons. The molecule has 1 heterocycles. The summed E-state index contributed by atoms with van der Waals surface area (Å²) < 4.78 is 7.00. The van der Waals surface area contributed by atoms with Gasteiger partial charge in [0, 0.05) is 29.8 Å². The van der Waals surface area contributed by atoms with Crippen LogP contribution in [0.5, 0.6) is 5.75 Å². The minimum absolute atomic E-state index is 0.0994. The minimum Gasteiger partial charge on any atom is -0.497 e. The van der Waals surface area contributed by atoms with Gasteiger partial charge in [0.25, 0.3) is 0 Å². The van der Waals surface area contributed by atoms with Gasteiger partial charge in [-0.05, 0) is 36.6 Å². The Labute approximate surface area is 213 Å². The molecule has 0 radical (unpaired) electrons. The maximum atomic E-state index is 13.2. The van der Waals surface area contributed by atoms with Crippen LogP contribution in [0.4, 0.5) is 16.3 Å². The number of hydrogen-bond acceptors (Lipinski definition) is 4. The lowest BCUT2D eigenvalue weighted by atomic mass is 9.92. The van der Waals surface area contributed by atoms with E-state index in [4.69, 9.17) is 9.84 Å². The van der Waals surface area contributed by atoms with Crippen molar-refractivity contribution in [2.45, 2.75) is 47.0 Å². The quantitative estimate of drug-likeness (QED) is 0.428. The molecule has 3 rings (SSSR count). The van der Waals surface area contributed by atoms with Gasteiger partial charge in [-0.25, -0.2) is 9.48 Å². The van der Waals surface area contributed by atoms with E-state index in [1.54, 1.807) is 36.1 Å². The molecule has 0 aliphatic heterocycles. The maximum Gasteiger partial charge on any atom is 0.322 e. The van der Waals surface area contributed by atoms with Gasteiger partial charge in [0.15, 0.2) is 0 Å². The molecule has 2 N–H and O–H groups in total. The fourth-order valence-electron chi connectivity index (χ4n) is 3.74. The van der Waals surface area contributed by atoms with Crippen LogP contribution in [0, 0.1) is 12.8 Å². The zero-order chi connectivity index (χ0) is 26.5. The van der Waals surface area contributed by atoms with Gasteiger partial charge < -0.3 is 20.3 Å². The van der Waals surface area contributed by atoms with E-state index in [2.05, 4.69) is 31.4 Å².